The molecule has 2 rings (SSSR count). The zero-order chi connectivity index (χ0) is 12.1. The van der Waals surface area contributed by atoms with Crippen molar-refractivity contribution in [1.82, 2.24) is 0 Å². The van der Waals surface area contributed by atoms with Crippen molar-refractivity contribution in [3.05, 3.63) is 29.8 Å². The smallest absolute Gasteiger partial charge is 0.0399 e. The Labute approximate surface area is 109 Å². The molecule has 1 aliphatic rings. The van der Waals surface area contributed by atoms with Gasteiger partial charge >= 0.3 is 0 Å². The molecular weight excluding hydrogens is 228 g/mol. The molecule has 94 valence electrons. The van der Waals surface area contributed by atoms with Gasteiger partial charge in [-0.15, -0.1) is 0 Å². The van der Waals surface area contributed by atoms with Gasteiger partial charge in [-0.2, -0.15) is 11.8 Å². The van der Waals surface area contributed by atoms with Gasteiger partial charge in [-0.25, -0.2) is 0 Å². The molecule has 1 aromatic rings. The maximum absolute atomic E-state index is 5.68. The molecule has 2 nitrogen and oxygen atoms in total. The molecule has 0 aliphatic carbocycles. The average molecular weight is 250 g/mol. The lowest BCUT2D eigenvalue weighted by Crippen LogP contribution is -2.35. The van der Waals surface area contributed by atoms with Crippen molar-refractivity contribution in [2.24, 2.45) is 5.73 Å². The summed E-state index contributed by atoms with van der Waals surface area (Å²) in [5.74, 6) is 0. The van der Waals surface area contributed by atoms with Crippen molar-refractivity contribution >= 4 is 17.4 Å². The quantitative estimate of drug-likeness (QED) is 0.890. The zero-order valence-electron chi connectivity index (χ0n) is 10.6. The van der Waals surface area contributed by atoms with Crippen LogP contribution < -0.4 is 10.6 Å². The highest BCUT2D eigenvalue weighted by Gasteiger charge is 2.19. The summed E-state index contributed by atoms with van der Waals surface area (Å²) in [5, 5.41) is 0.855. The Hall–Kier alpha value is -0.670. The predicted octanol–water partition coefficient (Wildman–Crippen LogP) is 2.52. The van der Waals surface area contributed by atoms with Gasteiger partial charge in [-0.1, -0.05) is 18.2 Å². The molecule has 1 fully saturated rings. The summed E-state index contributed by atoms with van der Waals surface area (Å²) < 4.78 is 0. The third kappa shape index (κ3) is 3.17. The van der Waals surface area contributed by atoms with Gasteiger partial charge in [-0.05, 0) is 43.7 Å². The fourth-order valence-corrected chi connectivity index (χ4v) is 3.20. The van der Waals surface area contributed by atoms with Crippen LogP contribution in [0.2, 0.25) is 0 Å². The molecule has 1 aromatic carbocycles. The van der Waals surface area contributed by atoms with Crippen molar-refractivity contribution in [3.63, 3.8) is 0 Å². The van der Waals surface area contributed by atoms with Gasteiger partial charge in [0.1, 0.15) is 0 Å². The van der Waals surface area contributed by atoms with Crippen LogP contribution in [0.1, 0.15) is 18.4 Å². The van der Waals surface area contributed by atoms with Crippen LogP contribution in [-0.2, 0) is 6.42 Å². The van der Waals surface area contributed by atoms with Gasteiger partial charge in [-0.3, -0.25) is 0 Å². The fourth-order valence-electron chi connectivity index (χ4n) is 2.52. The minimum atomic E-state index is 0.734. The number of hydrogen-bond donors (Lipinski definition) is 1. The molecule has 0 bridgehead atoms. The van der Waals surface area contributed by atoms with Crippen molar-refractivity contribution in [2.75, 3.05) is 30.8 Å². The fraction of sp³-hybridized carbons (Fsp3) is 0.571. The minimum absolute atomic E-state index is 0.734. The number of benzene rings is 1. The highest BCUT2D eigenvalue weighted by atomic mass is 32.2. The van der Waals surface area contributed by atoms with Crippen LogP contribution in [0.5, 0.6) is 0 Å². The van der Waals surface area contributed by atoms with Crippen LogP contribution in [0.15, 0.2) is 24.3 Å². The highest BCUT2D eigenvalue weighted by Crippen LogP contribution is 2.27. The largest absolute Gasteiger partial charge is 0.371 e. The van der Waals surface area contributed by atoms with Crippen molar-refractivity contribution < 1.29 is 0 Å². The van der Waals surface area contributed by atoms with Gasteiger partial charge in [0.05, 0.1) is 0 Å². The topological polar surface area (TPSA) is 29.3 Å². The molecule has 0 unspecified atom stereocenters. The van der Waals surface area contributed by atoms with Gasteiger partial charge in [0.2, 0.25) is 0 Å². The molecule has 17 heavy (non-hydrogen) atoms. The summed E-state index contributed by atoms with van der Waals surface area (Å²) in [6, 6.07) is 8.70. The number of rotatable bonds is 4. The van der Waals surface area contributed by atoms with E-state index < -0.39 is 0 Å². The van der Waals surface area contributed by atoms with E-state index >= 15 is 0 Å². The number of nitrogens with two attached hydrogens (primary N) is 1. The van der Waals surface area contributed by atoms with Gasteiger partial charge < -0.3 is 10.6 Å². The number of anilines is 1. The highest BCUT2D eigenvalue weighted by molar-refractivity contribution is 7.99. The molecular formula is C14H22N2S. The van der Waals surface area contributed by atoms with Crippen LogP contribution >= 0.6 is 11.8 Å². The minimum Gasteiger partial charge on any atom is -0.371 e. The molecule has 0 spiro atoms. The summed E-state index contributed by atoms with van der Waals surface area (Å²) in [7, 11) is 0. The number of hydrogen-bond acceptors (Lipinski definition) is 3. The normalized spacial score (nSPS) is 17.4. The molecule has 1 saturated heterocycles. The number of para-hydroxylation sites is 1. The second kappa shape index (κ2) is 6.31. The lowest BCUT2D eigenvalue weighted by atomic mass is 10.0. The molecule has 0 radical (unpaired) electrons. The summed E-state index contributed by atoms with van der Waals surface area (Å²) >= 11 is 2.01. The standard InChI is InChI=1S/C14H22N2S/c1-17-13-7-10-16(11-8-13)14-5-3-2-4-12(14)6-9-15/h2-5,13H,6-11,15H2,1H3. The monoisotopic (exact) mass is 250 g/mol. The number of piperidine rings is 1. The molecule has 1 aliphatic heterocycles. The van der Waals surface area contributed by atoms with Crippen LogP contribution in [0.25, 0.3) is 0 Å². The summed E-state index contributed by atoms with van der Waals surface area (Å²) in [6.07, 6.45) is 5.82. The number of nitrogens with zero attached hydrogens (tertiary/aromatic N) is 1. The lowest BCUT2D eigenvalue weighted by Gasteiger charge is -2.34. The Morgan fingerprint density at radius 1 is 1.29 bits per heavy atom. The van der Waals surface area contributed by atoms with Crippen LogP contribution in [0.4, 0.5) is 5.69 Å². The molecule has 0 atom stereocenters. The first-order valence-electron chi connectivity index (χ1n) is 6.41. The van der Waals surface area contributed by atoms with E-state index in [9.17, 15) is 0 Å². The third-order valence-corrected chi connectivity index (χ3v) is 4.66. The van der Waals surface area contributed by atoms with E-state index in [0.29, 0.717) is 0 Å². The second-order valence-corrected chi connectivity index (χ2v) is 5.73. The third-order valence-electron chi connectivity index (χ3n) is 3.52. The first-order chi connectivity index (χ1) is 8.35. The second-order valence-electron chi connectivity index (χ2n) is 4.59. The summed E-state index contributed by atoms with van der Waals surface area (Å²) in [6.45, 7) is 3.11. The van der Waals surface area contributed by atoms with E-state index in [2.05, 4.69) is 35.4 Å². The Kier molecular flexibility index (Phi) is 4.75. The van der Waals surface area contributed by atoms with E-state index in [1.165, 1.54) is 37.2 Å². The Morgan fingerprint density at radius 3 is 2.65 bits per heavy atom. The van der Waals surface area contributed by atoms with E-state index in [1.54, 1.807) is 0 Å². The molecule has 0 amide bonds. The summed E-state index contributed by atoms with van der Waals surface area (Å²) in [4.78, 5) is 2.53. The van der Waals surface area contributed by atoms with Crippen molar-refractivity contribution in [2.45, 2.75) is 24.5 Å². The van der Waals surface area contributed by atoms with Crippen LogP contribution in [0, 0.1) is 0 Å². The van der Waals surface area contributed by atoms with E-state index in [4.69, 9.17) is 5.73 Å². The molecule has 2 N–H and O–H groups in total. The zero-order valence-corrected chi connectivity index (χ0v) is 11.4. The first kappa shape index (κ1) is 12.8. The van der Waals surface area contributed by atoms with E-state index in [0.717, 1.165) is 18.2 Å². The first-order valence-corrected chi connectivity index (χ1v) is 7.69. The Balaban J connectivity index is 2.07. The SMILES string of the molecule is CSC1CCN(c2ccccc2CCN)CC1. The van der Waals surface area contributed by atoms with Crippen molar-refractivity contribution in [1.29, 1.82) is 0 Å². The Morgan fingerprint density at radius 2 is 2.00 bits per heavy atom. The van der Waals surface area contributed by atoms with Gasteiger partial charge in [0, 0.05) is 24.0 Å². The van der Waals surface area contributed by atoms with Crippen LogP contribution in [0.3, 0.4) is 0 Å². The average Bonchev–Trinajstić information content (AvgIpc) is 2.40. The molecule has 0 aromatic heterocycles. The van der Waals surface area contributed by atoms with Crippen LogP contribution in [-0.4, -0.2) is 31.1 Å². The van der Waals surface area contributed by atoms with Gasteiger partial charge in [0.15, 0.2) is 0 Å². The maximum Gasteiger partial charge on any atom is 0.0399 e. The van der Waals surface area contributed by atoms with E-state index in [1.807, 2.05) is 11.8 Å². The molecule has 0 saturated carbocycles. The van der Waals surface area contributed by atoms with Gasteiger partial charge in [0.25, 0.3) is 0 Å². The number of thioether (sulfide) groups is 1. The summed E-state index contributed by atoms with van der Waals surface area (Å²) in [5.41, 5.74) is 8.48. The predicted molar refractivity (Wildman–Crippen MR) is 78.0 cm³/mol. The van der Waals surface area contributed by atoms with E-state index in [-0.39, 0.29) is 0 Å². The molecule has 3 heteroatoms. The maximum atomic E-state index is 5.68. The Bertz CT molecular complexity index is 346. The molecule has 1 heterocycles. The van der Waals surface area contributed by atoms with Crippen molar-refractivity contribution in [3.8, 4) is 0 Å². The lowest BCUT2D eigenvalue weighted by molar-refractivity contribution is 0.590.